The number of Topliss-reactive ketones (excluding diaryl/α,β-unsaturated/α-hetero) is 2. The molecule has 0 radical (unpaired) electrons. The van der Waals surface area contributed by atoms with Crippen molar-refractivity contribution < 1.29 is 76.7 Å². The van der Waals surface area contributed by atoms with E-state index in [1.165, 1.54) is 31.3 Å². The Morgan fingerprint density at radius 2 is 1.43 bits per heavy atom. The molecule has 3 fully saturated rings. The number of hydrogen-bond donors (Lipinski definition) is 3. The zero-order valence-electron chi connectivity index (χ0n) is 48.1. The molecule has 0 aliphatic carbocycles. The van der Waals surface area contributed by atoms with Crippen LogP contribution in [0.1, 0.15) is 111 Å². The third-order valence-corrected chi connectivity index (χ3v) is 15.9. The summed E-state index contributed by atoms with van der Waals surface area (Å²) in [7, 11) is 2.92. The van der Waals surface area contributed by atoms with Crippen LogP contribution < -0.4 is 34.5 Å². The molecule has 6 atom stereocenters. The van der Waals surface area contributed by atoms with E-state index >= 15 is 0 Å². The molecular weight excluding hydrogens is 1070 g/mol. The first-order chi connectivity index (χ1) is 39.8. The molecular formula is C60H75N7O16. The maximum atomic E-state index is 14.1. The first kappa shape index (κ1) is 61.2. The number of carbonyl (C=O) groups is 9. The number of methoxy groups -OCH3 is 2. The number of benzene rings is 3. The number of hydrogen-bond acceptors (Lipinski definition) is 17. The Kier molecular flexibility index (Phi) is 20.2. The average Bonchev–Trinajstić information content (AvgIpc) is 3.12. The minimum absolute atomic E-state index is 0.0183. The topological polar surface area (TPSA) is 279 Å². The Labute approximate surface area is 482 Å². The minimum Gasteiger partial charge on any atom is -0.493 e. The lowest BCUT2D eigenvalue weighted by Gasteiger charge is -2.43. The summed E-state index contributed by atoms with van der Waals surface area (Å²) in [5.41, 5.74) is 2.31. The number of imide groups is 1. The van der Waals surface area contributed by atoms with E-state index < -0.39 is 42.1 Å². The largest absolute Gasteiger partial charge is 0.493 e. The number of rotatable bonds is 28. The predicted octanol–water partition coefficient (Wildman–Crippen LogP) is 4.96. The quantitative estimate of drug-likeness (QED) is 0.0640. The molecule has 3 saturated heterocycles. The van der Waals surface area contributed by atoms with E-state index in [4.69, 9.17) is 28.4 Å². The van der Waals surface area contributed by atoms with Crippen molar-refractivity contribution in [3.63, 3.8) is 0 Å². The summed E-state index contributed by atoms with van der Waals surface area (Å²) in [5, 5.41) is 17.1. The second-order valence-corrected chi connectivity index (χ2v) is 22.1. The van der Waals surface area contributed by atoms with Gasteiger partial charge in [-0.15, -0.1) is 0 Å². The van der Waals surface area contributed by atoms with E-state index in [-0.39, 0.29) is 160 Å². The third-order valence-electron chi connectivity index (χ3n) is 15.9. The van der Waals surface area contributed by atoms with Crippen molar-refractivity contribution >= 4 is 70.7 Å². The van der Waals surface area contributed by atoms with Gasteiger partial charge in [0.1, 0.15) is 12.4 Å². The van der Waals surface area contributed by atoms with Crippen molar-refractivity contribution in [3.05, 3.63) is 70.8 Å². The Hall–Kier alpha value is -7.92. The van der Waals surface area contributed by atoms with Gasteiger partial charge in [-0.3, -0.25) is 48.2 Å². The van der Waals surface area contributed by atoms with Gasteiger partial charge in [-0.1, -0.05) is 52.0 Å². The molecule has 23 heteroatoms. The van der Waals surface area contributed by atoms with Crippen LogP contribution in [0, 0.1) is 23.7 Å². The molecule has 23 nitrogen and oxygen atoms in total. The van der Waals surface area contributed by atoms with Crippen LogP contribution in [0.4, 0.5) is 16.2 Å². The number of aliphatic imine (C=N–C) groups is 1. The van der Waals surface area contributed by atoms with Gasteiger partial charge in [-0.25, -0.2) is 9.69 Å². The number of aliphatic hydroxyl groups excluding tert-OH is 1. The second-order valence-electron chi connectivity index (χ2n) is 22.1. The lowest BCUT2D eigenvalue weighted by molar-refractivity contribution is -0.140. The first-order valence-corrected chi connectivity index (χ1v) is 28.4. The number of anilines is 1. The Bertz CT molecular complexity index is 2980. The van der Waals surface area contributed by atoms with Gasteiger partial charge in [0.05, 0.1) is 81.3 Å². The molecule has 0 spiro atoms. The standard InChI is InChI=1S/C60H75N7O16/c1-34(2)41(26-40(68)16-23-80-24-17-61-53(70)15-20-66-54(71)29-42(35(3)4)56(66)73)55(72)63-36(5)48(69)25-37-9-11-38(12-10-37)33-83-60(77)67-47-31-52(50(79-7)28-44(47)58(75)65-19-14-46(65)59(67)76)82-22-8-21-81-51-30-45-43(27-49(51)78-6)57(74)64-18-13-39(64)32-62-45/h9-12,27-28,30-32,34-36,39,41-42,46,59,76H,8,13-26,29,33H2,1-7H3,(H,61,70)(H,63,72)/t36-,39-,41-,42?,46-,59?/m0/s1. The molecule has 5 heterocycles. The summed E-state index contributed by atoms with van der Waals surface area (Å²) >= 11 is 0. The number of ketones is 2. The zero-order chi connectivity index (χ0) is 59.6. The smallest absolute Gasteiger partial charge is 0.416 e. The van der Waals surface area contributed by atoms with Gasteiger partial charge in [-0.05, 0) is 54.9 Å². The number of nitrogens with one attached hydrogen (secondary N) is 2. The van der Waals surface area contributed by atoms with Crippen molar-refractivity contribution in [3.8, 4) is 23.0 Å². The molecule has 5 aliphatic rings. The van der Waals surface area contributed by atoms with Gasteiger partial charge in [0.25, 0.3) is 11.8 Å². The summed E-state index contributed by atoms with van der Waals surface area (Å²) < 4.78 is 34.7. The fourth-order valence-electron chi connectivity index (χ4n) is 10.5. The number of ether oxygens (including phenoxy) is 6. The Morgan fingerprint density at radius 3 is 2.06 bits per heavy atom. The van der Waals surface area contributed by atoms with Crippen molar-refractivity contribution in [2.45, 2.75) is 117 Å². The van der Waals surface area contributed by atoms with Crippen LogP contribution in [0.25, 0.3) is 0 Å². The number of amides is 7. The van der Waals surface area contributed by atoms with Gasteiger partial charge in [0.2, 0.25) is 23.6 Å². The van der Waals surface area contributed by atoms with E-state index in [1.807, 2.05) is 27.7 Å². The Morgan fingerprint density at radius 1 is 0.771 bits per heavy atom. The molecule has 0 aromatic heterocycles. The number of nitrogens with zero attached hydrogens (tertiary/aromatic N) is 5. The van der Waals surface area contributed by atoms with Crippen LogP contribution in [0.2, 0.25) is 0 Å². The van der Waals surface area contributed by atoms with Crippen molar-refractivity contribution in [2.24, 2.45) is 28.7 Å². The average molecular weight is 1150 g/mol. The molecule has 3 aromatic rings. The number of fused-ring (bicyclic) bond motifs is 4. The van der Waals surface area contributed by atoms with Crippen molar-refractivity contribution in [2.75, 3.05) is 71.7 Å². The molecule has 3 aromatic carbocycles. The molecule has 2 unspecified atom stereocenters. The summed E-state index contributed by atoms with van der Waals surface area (Å²) in [6.45, 7) is 10.5. The summed E-state index contributed by atoms with van der Waals surface area (Å²) in [6.07, 6.45) is 1.18. The zero-order valence-corrected chi connectivity index (χ0v) is 48.1. The Balaban J connectivity index is 0.781. The highest BCUT2D eigenvalue weighted by Gasteiger charge is 2.48. The number of aliphatic hydroxyl groups is 1. The molecule has 0 bridgehead atoms. The van der Waals surface area contributed by atoms with Crippen LogP contribution in [0.5, 0.6) is 23.0 Å². The second kappa shape index (κ2) is 27.4. The maximum absolute atomic E-state index is 14.1. The maximum Gasteiger partial charge on any atom is 0.416 e. The van der Waals surface area contributed by atoms with Crippen molar-refractivity contribution in [1.82, 2.24) is 25.3 Å². The normalized spacial score (nSPS) is 19.5. The van der Waals surface area contributed by atoms with Crippen LogP contribution in [0.15, 0.2) is 53.5 Å². The van der Waals surface area contributed by atoms with Crippen LogP contribution >= 0.6 is 0 Å². The van der Waals surface area contributed by atoms with E-state index in [0.717, 1.165) is 16.2 Å². The van der Waals surface area contributed by atoms with Gasteiger partial charge < -0.3 is 54.0 Å². The van der Waals surface area contributed by atoms with Crippen molar-refractivity contribution in [1.29, 1.82) is 0 Å². The van der Waals surface area contributed by atoms with Crippen LogP contribution in [0.3, 0.4) is 0 Å². The van der Waals surface area contributed by atoms with Gasteiger partial charge in [0.15, 0.2) is 35.0 Å². The van der Waals surface area contributed by atoms with Gasteiger partial charge in [0, 0.05) is 94.9 Å². The minimum atomic E-state index is -1.45. The molecule has 446 valence electrons. The van der Waals surface area contributed by atoms with Gasteiger partial charge >= 0.3 is 6.09 Å². The van der Waals surface area contributed by atoms with E-state index in [2.05, 4.69) is 15.6 Å². The predicted molar refractivity (Wildman–Crippen MR) is 301 cm³/mol. The molecule has 3 N–H and O–H groups in total. The van der Waals surface area contributed by atoms with E-state index in [9.17, 15) is 48.3 Å². The van der Waals surface area contributed by atoms with Gasteiger partial charge in [-0.2, -0.15) is 0 Å². The summed E-state index contributed by atoms with van der Waals surface area (Å²) in [5.74, 6) is -2.26. The third kappa shape index (κ3) is 14.3. The van der Waals surface area contributed by atoms with E-state index in [1.54, 1.807) is 54.4 Å². The summed E-state index contributed by atoms with van der Waals surface area (Å²) in [4.78, 5) is 128. The molecule has 83 heavy (non-hydrogen) atoms. The van der Waals surface area contributed by atoms with Crippen LogP contribution in [-0.4, -0.2) is 170 Å². The highest BCUT2D eigenvalue weighted by atomic mass is 16.6. The number of likely N-dealkylation sites (tertiary alicyclic amines) is 1. The fourth-order valence-corrected chi connectivity index (χ4v) is 10.5. The monoisotopic (exact) mass is 1150 g/mol. The summed E-state index contributed by atoms with van der Waals surface area (Å²) in [6, 6.07) is 11.5. The molecule has 0 saturated carbocycles. The molecule has 7 amide bonds. The number of carbonyl (C=O) groups excluding carboxylic acids is 9. The highest BCUT2D eigenvalue weighted by Crippen LogP contribution is 2.43. The van der Waals surface area contributed by atoms with Crippen LogP contribution in [-0.2, 0) is 51.3 Å². The lowest BCUT2D eigenvalue weighted by Crippen LogP contribution is -2.60. The molecule has 8 rings (SSSR count). The molecule has 5 aliphatic heterocycles. The SMILES string of the molecule is COc1cc2c(cc1OCCCOc1cc3c(cc1OC)C(=O)N1CC[C@H]1C(O)N3C(=O)OCc1ccc(CC(=O)[C@H](C)NC(=O)[C@@H](CC(=O)CCOCCNC(=O)CCN3C(=O)CC(C(C)C)C3=O)C(C)C)cc1)N=C[C@@H]1CCN1C2=O. The first-order valence-electron chi connectivity index (χ1n) is 28.4. The lowest BCUT2D eigenvalue weighted by atomic mass is 9.88. The van der Waals surface area contributed by atoms with E-state index in [0.29, 0.717) is 59.8 Å². The fraction of sp³-hybridized carbons (Fsp3) is 0.533. The highest BCUT2D eigenvalue weighted by molar-refractivity contribution is 6.07.